The fraction of sp³-hybridized carbons (Fsp3) is 0.571. The standard InChI is InChI=1S/C21H28FN3O2/c1-19(2)11-14(19)16(26)10-12-7-8-15(22)13(9-12)21(5)20(3,4)17(27)25(6)18(23)24-21/h7-9,14H,10-11H2,1-6H3,(H2,23,24)/t14?,21-/m1/s1. The Morgan fingerprint density at radius 2 is 1.89 bits per heavy atom. The molecular formula is C21H28FN3O2. The molecule has 0 bridgehead atoms. The van der Waals surface area contributed by atoms with E-state index in [0.717, 1.165) is 12.0 Å². The first kappa shape index (κ1) is 19.5. The smallest absolute Gasteiger partial charge is 0.237 e. The summed E-state index contributed by atoms with van der Waals surface area (Å²) in [5.41, 5.74) is 4.85. The molecule has 1 aliphatic carbocycles. The van der Waals surface area contributed by atoms with Crippen LogP contribution in [0.25, 0.3) is 0 Å². The lowest BCUT2D eigenvalue weighted by Crippen LogP contribution is -2.58. The number of carbonyl (C=O) groups is 2. The number of halogens is 1. The van der Waals surface area contributed by atoms with E-state index >= 15 is 0 Å². The Labute approximate surface area is 159 Å². The highest BCUT2D eigenvalue weighted by atomic mass is 19.1. The van der Waals surface area contributed by atoms with Gasteiger partial charge >= 0.3 is 0 Å². The van der Waals surface area contributed by atoms with Crippen LogP contribution >= 0.6 is 0 Å². The minimum atomic E-state index is -1.16. The third-order valence-corrected chi connectivity index (χ3v) is 6.57. The number of Topliss-reactive ketones (excluding diaryl/α,β-unsaturated/α-hetero) is 1. The highest BCUT2D eigenvalue weighted by Crippen LogP contribution is 2.52. The van der Waals surface area contributed by atoms with Crippen LogP contribution in [0.5, 0.6) is 0 Å². The van der Waals surface area contributed by atoms with Crippen molar-refractivity contribution in [2.75, 3.05) is 7.05 Å². The van der Waals surface area contributed by atoms with E-state index in [0.29, 0.717) is 0 Å². The van der Waals surface area contributed by atoms with E-state index in [-0.39, 0.29) is 41.0 Å². The largest absolute Gasteiger partial charge is 0.369 e. The second-order valence-electron chi connectivity index (χ2n) is 9.23. The minimum Gasteiger partial charge on any atom is -0.369 e. The summed E-state index contributed by atoms with van der Waals surface area (Å²) in [5, 5.41) is 0. The van der Waals surface area contributed by atoms with Gasteiger partial charge in [-0.2, -0.15) is 0 Å². The Bertz CT molecular complexity index is 859. The van der Waals surface area contributed by atoms with Crippen molar-refractivity contribution in [3.05, 3.63) is 35.1 Å². The van der Waals surface area contributed by atoms with Crippen molar-refractivity contribution < 1.29 is 14.0 Å². The van der Waals surface area contributed by atoms with Gasteiger partial charge in [0.25, 0.3) is 0 Å². The molecule has 1 unspecified atom stereocenters. The number of carbonyl (C=O) groups excluding carboxylic acids is 2. The van der Waals surface area contributed by atoms with E-state index < -0.39 is 16.8 Å². The van der Waals surface area contributed by atoms with Gasteiger partial charge in [0.15, 0.2) is 5.96 Å². The Balaban J connectivity index is 2.01. The molecule has 1 fully saturated rings. The molecule has 3 rings (SSSR count). The molecule has 2 atom stereocenters. The number of hydrogen-bond acceptors (Lipinski definition) is 4. The highest BCUT2D eigenvalue weighted by Gasteiger charge is 2.54. The first-order chi connectivity index (χ1) is 12.3. The molecule has 2 aliphatic rings. The molecule has 0 spiro atoms. The number of hydrogen-bond donors (Lipinski definition) is 1. The van der Waals surface area contributed by atoms with Crippen LogP contribution in [0.1, 0.15) is 52.2 Å². The zero-order chi connectivity index (χ0) is 20.4. The molecule has 1 amide bonds. The zero-order valence-electron chi connectivity index (χ0n) is 16.9. The maximum absolute atomic E-state index is 14.8. The number of nitrogens with two attached hydrogens (primary N) is 1. The van der Waals surface area contributed by atoms with Gasteiger partial charge in [0.1, 0.15) is 17.1 Å². The lowest BCUT2D eigenvalue weighted by atomic mass is 9.67. The van der Waals surface area contributed by atoms with Crippen LogP contribution in [0.3, 0.4) is 0 Å². The Morgan fingerprint density at radius 1 is 1.30 bits per heavy atom. The number of aliphatic imine (C=N–C) groups is 1. The van der Waals surface area contributed by atoms with Gasteiger partial charge in [0.05, 0.1) is 5.41 Å². The summed E-state index contributed by atoms with van der Waals surface area (Å²) in [4.78, 5) is 31.1. The number of nitrogens with zero attached hydrogens (tertiary/aromatic N) is 2. The Kier molecular flexibility index (Phi) is 4.25. The lowest BCUT2D eigenvalue weighted by molar-refractivity contribution is -0.140. The third-order valence-electron chi connectivity index (χ3n) is 6.57. The summed E-state index contributed by atoms with van der Waals surface area (Å²) in [5.74, 6) is -0.385. The van der Waals surface area contributed by atoms with Crippen molar-refractivity contribution in [2.24, 2.45) is 27.5 Å². The van der Waals surface area contributed by atoms with Crippen LogP contribution in [-0.2, 0) is 21.5 Å². The number of rotatable bonds is 4. The zero-order valence-corrected chi connectivity index (χ0v) is 16.9. The molecule has 1 heterocycles. The van der Waals surface area contributed by atoms with Crippen molar-refractivity contribution in [2.45, 2.75) is 53.0 Å². The second kappa shape index (κ2) is 5.88. The normalized spacial score (nSPS) is 28.7. The highest BCUT2D eigenvalue weighted by molar-refractivity contribution is 6.01. The summed E-state index contributed by atoms with van der Waals surface area (Å²) < 4.78 is 14.8. The van der Waals surface area contributed by atoms with Crippen LogP contribution in [0.2, 0.25) is 0 Å². The van der Waals surface area contributed by atoms with Crippen molar-refractivity contribution in [1.29, 1.82) is 0 Å². The molecule has 6 heteroatoms. The van der Waals surface area contributed by atoms with Gasteiger partial charge in [-0.1, -0.05) is 19.9 Å². The summed E-state index contributed by atoms with van der Waals surface area (Å²) in [6.45, 7) is 9.37. The van der Waals surface area contributed by atoms with Gasteiger partial charge in [0, 0.05) is 24.9 Å². The molecule has 0 aromatic heterocycles. The number of ketones is 1. The van der Waals surface area contributed by atoms with Gasteiger partial charge in [-0.25, -0.2) is 9.38 Å². The van der Waals surface area contributed by atoms with E-state index in [1.807, 2.05) is 0 Å². The predicted octanol–water partition coefficient (Wildman–Crippen LogP) is 3.01. The monoisotopic (exact) mass is 373 g/mol. The van der Waals surface area contributed by atoms with Crippen LogP contribution < -0.4 is 5.73 Å². The number of guanidine groups is 1. The van der Waals surface area contributed by atoms with Crippen LogP contribution in [0.4, 0.5) is 4.39 Å². The quantitative estimate of drug-likeness (QED) is 0.881. The van der Waals surface area contributed by atoms with Crippen LogP contribution in [0, 0.1) is 22.6 Å². The fourth-order valence-corrected chi connectivity index (χ4v) is 3.97. The number of amides is 1. The molecule has 1 aromatic rings. The molecule has 1 aromatic carbocycles. The summed E-state index contributed by atoms with van der Waals surface area (Å²) >= 11 is 0. The maximum atomic E-state index is 14.8. The van der Waals surface area contributed by atoms with Crippen LogP contribution in [0.15, 0.2) is 23.2 Å². The van der Waals surface area contributed by atoms with Gasteiger partial charge in [-0.3, -0.25) is 14.5 Å². The molecule has 27 heavy (non-hydrogen) atoms. The number of benzene rings is 1. The van der Waals surface area contributed by atoms with Gasteiger partial charge in [-0.15, -0.1) is 0 Å². The fourth-order valence-electron chi connectivity index (χ4n) is 3.97. The first-order valence-corrected chi connectivity index (χ1v) is 9.26. The Hall–Kier alpha value is -2.24. The van der Waals surface area contributed by atoms with Gasteiger partial charge in [-0.05, 0) is 50.3 Å². The average Bonchev–Trinajstić information content (AvgIpc) is 3.22. The molecule has 5 nitrogen and oxygen atoms in total. The van der Waals surface area contributed by atoms with E-state index in [2.05, 4.69) is 18.8 Å². The van der Waals surface area contributed by atoms with Gasteiger partial charge < -0.3 is 5.73 Å². The van der Waals surface area contributed by atoms with E-state index in [1.165, 1.54) is 11.0 Å². The van der Waals surface area contributed by atoms with Crippen molar-refractivity contribution in [1.82, 2.24) is 4.90 Å². The summed E-state index contributed by atoms with van der Waals surface area (Å²) in [6.07, 6.45) is 1.15. The van der Waals surface area contributed by atoms with Crippen LogP contribution in [-0.4, -0.2) is 29.6 Å². The molecule has 1 aliphatic heterocycles. The third kappa shape index (κ3) is 2.95. The topological polar surface area (TPSA) is 75.8 Å². The van der Waals surface area contributed by atoms with Crippen molar-refractivity contribution >= 4 is 17.6 Å². The molecule has 1 saturated carbocycles. The summed E-state index contributed by atoms with van der Waals surface area (Å²) in [7, 11) is 1.56. The van der Waals surface area contributed by atoms with E-state index in [9.17, 15) is 14.0 Å². The molecule has 0 radical (unpaired) electrons. The van der Waals surface area contributed by atoms with Gasteiger partial charge in [0.2, 0.25) is 5.91 Å². The second-order valence-corrected chi connectivity index (χ2v) is 9.23. The van der Waals surface area contributed by atoms with Crippen molar-refractivity contribution in [3.8, 4) is 0 Å². The molecule has 0 saturated heterocycles. The van der Waals surface area contributed by atoms with E-state index in [1.54, 1.807) is 40.0 Å². The maximum Gasteiger partial charge on any atom is 0.237 e. The predicted molar refractivity (Wildman–Crippen MR) is 103 cm³/mol. The molecule has 2 N–H and O–H groups in total. The minimum absolute atomic E-state index is 0.0578. The Morgan fingerprint density at radius 3 is 2.44 bits per heavy atom. The summed E-state index contributed by atoms with van der Waals surface area (Å²) in [6, 6.07) is 4.65. The molecule has 146 valence electrons. The first-order valence-electron chi connectivity index (χ1n) is 9.26. The molecular weight excluding hydrogens is 345 g/mol. The lowest BCUT2D eigenvalue weighted by Gasteiger charge is -2.46. The van der Waals surface area contributed by atoms with Crippen molar-refractivity contribution in [3.63, 3.8) is 0 Å². The van der Waals surface area contributed by atoms with E-state index in [4.69, 9.17) is 5.73 Å². The SMILES string of the molecule is CN1C(=O)C(C)(C)[C@@](C)(c2cc(CC(=O)C3CC3(C)C)ccc2F)N=C1N. The average molecular weight is 373 g/mol.